The fourth-order valence-electron chi connectivity index (χ4n) is 6.45. The lowest BCUT2D eigenvalue weighted by molar-refractivity contribution is -0.686. The van der Waals surface area contributed by atoms with Crippen molar-refractivity contribution in [1.29, 1.82) is 0 Å². The quantitative estimate of drug-likeness (QED) is 0.358. The molecule has 162 valence electrons. The smallest absolute Gasteiger partial charge is 0.269 e. The van der Waals surface area contributed by atoms with E-state index in [1.165, 1.54) is 31.4 Å². The van der Waals surface area contributed by atoms with Crippen LogP contribution < -0.4 is 21.5 Å². The van der Waals surface area contributed by atoms with Gasteiger partial charge in [-0.1, -0.05) is 0 Å². The molecule has 0 radical (unpaired) electrons. The highest BCUT2D eigenvalue weighted by Crippen LogP contribution is 2.60. The van der Waals surface area contributed by atoms with Crippen LogP contribution in [0, 0.1) is 33.3 Å². The number of nitrogens with zero attached hydrogens (tertiary/aromatic N) is 2. The normalized spacial score (nSPS) is 28.5. The van der Waals surface area contributed by atoms with E-state index in [9.17, 15) is 14.9 Å². The van der Waals surface area contributed by atoms with E-state index in [1.54, 1.807) is 12.1 Å². The number of non-ortho nitro benzene ring substituents is 1. The Morgan fingerprint density at radius 2 is 1.61 bits per heavy atom. The van der Waals surface area contributed by atoms with Crippen LogP contribution in [0.25, 0.3) is 12.2 Å². The predicted octanol–water partition coefficient (Wildman–Crippen LogP) is 1.84. The highest BCUT2D eigenvalue weighted by Gasteiger charge is 2.55. The Morgan fingerprint density at radius 1 is 1.00 bits per heavy atom. The zero-order valence-electron chi connectivity index (χ0n) is 17.5. The van der Waals surface area contributed by atoms with Crippen molar-refractivity contribution in [2.24, 2.45) is 23.2 Å². The molecule has 0 atom stereocenters. The third-order valence-electron chi connectivity index (χ3n) is 7.47. The van der Waals surface area contributed by atoms with E-state index in [0.717, 1.165) is 48.3 Å². The molecule has 4 aliphatic rings. The zero-order chi connectivity index (χ0) is 20.7. The Hall–Kier alpha value is -2.34. The summed E-state index contributed by atoms with van der Waals surface area (Å²) < 4.78 is 2.04. The van der Waals surface area contributed by atoms with E-state index in [-0.39, 0.29) is 28.1 Å². The minimum absolute atomic E-state index is 0. The van der Waals surface area contributed by atoms with Crippen molar-refractivity contribution in [2.75, 3.05) is 0 Å². The summed E-state index contributed by atoms with van der Waals surface area (Å²) in [7, 11) is 0. The Morgan fingerprint density at radius 3 is 2.19 bits per heavy atom. The maximum atomic E-state index is 13.5. The summed E-state index contributed by atoms with van der Waals surface area (Å²) in [5, 5.41) is 10.8. The number of aromatic nitrogens is 1. The highest BCUT2D eigenvalue weighted by atomic mass is 79.9. The molecule has 4 saturated carbocycles. The molecular formula is C25H27BrN2O3. The molecular weight excluding hydrogens is 456 g/mol. The number of hydrogen-bond acceptors (Lipinski definition) is 3. The average Bonchev–Trinajstić information content (AvgIpc) is 2.72. The number of nitro benzene ring substituents is 1. The van der Waals surface area contributed by atoms with Gasteiger partial charge in [0.15, 0.2) is 6.20 Å². The predicted molar refractivity (Wildman–Crippen MR) is 114 cm³/mol. The summed E-state index contributed by atoms with van der Waals surface area (Å²) in [6.07, 6.45) is 13.2. The van der Waals surface area contributed by atoms with Crippen LogP contribution in [-0.2, 0) is 11.3 Å². The molecule has 31 heavy (non-hydrogen) atoms. The maximum Gasteiger partial charge on any atom is 0.269 e. The van der Waals surface area contributed by atoms with Crippen molar-refractivity contribution in [3.63, 3.8) is 0 Å². The van der Waals surface area contributed by atoms with E-state index in [4.69, 9.17) is 0 Å². The molecule has 1 aromatic heterocycles. The van der Waals surface area contributed by atoms with Gasteiger partial charge in [0.1, 0.15) is 0 Å². The number of halogens is 1. The molecule has 1 heterocycles. The van der Waals surface area contributed by atoms with Gasteiger partial charge in [-0.3, -0.25) is 14.9 Å². The van der Waals surface area contributed by atoms with Gasteiger partial charge in [-0.15, -0.1) is 0 Å². The molecule has 1 aromatic carbocycles. The number of hydrogen-bond donors (Lipinski definition) is 0. The van der Waals surface area contributed by atoms with E-state index in [2.05, 4.69) is 0 Å². The molecule has 6 rings (SSSR count). The molecule has 6 heteroatoms. The minimum Gasteiger partial charge on any atom is -1.00 e. The molecule has 5 nitrogen and oxygen atoms in total. The third-order valence-corrected chi connectivity index (χ3v) is 7.47. The highest BCUT2D eigenvalue weighted by molar-refractivity contribution is 5.84. The van der Waals surface area contributed by atoms with Gasteiger partial charge in [0.2, 0.25) is 18.0 Å². The number of rotatable bonds is 6. The molecule has 4 bridgehead atoms. The number of benzene rings is 1. The fourth-order valence-corrected chi connectivity index (χ4v) is 6.45. The van der Waals surface area contributed by atoms with Crippen LogP contribution in [0.1, 0.15) is 49.8 Å². The van der Waals surface area contributed by atoms with Crippen LogP contribution in [0.15, 0.2) is 48.7 Å². The average molecular weight is 483 g/mol. The first-order valence-electron chi connectivity index (χ1n) is 11.0. The Bertz CT molecular complexity index is 980. The SMILES string of the molecule is O=C(C[n+]1ccccc1/C=C/c1ccc([N+](=O)[O-])cc1)C12CC3CC(CC(C3)C1)C2.[Br-]. The third kappa shape index (κ3) is 4.36. The monoisotopic (exact) mass is 482 g/mol. The topological polar surface area (TPSA) is 64.1 Å². The van der Waals surface area contributed by atoms with Gasteiger partial charge in [-0.05, 0) is 86.1 Å². The molecule has 4 fully saturated rings. The summed E-state index contributed by atoms with van der Waals surface area (Å²) in [4.78, 5) is 23.9. The number of ketones is 1. The summed E-state index contributed by atoms with van der Waals surface area (Å²) >= 11 is 0. The summed E-state index contributed by atoms with van der Waals surface area (Å²) in [5.41, 5.74) is 1.86. The summed E-state index contributed by atoms with van der Waals surface area (Å²) in [6.45, 7) is 0.424. The molecule has 4 aliphatic carbocycles. The van der Waals surface area contributed by atoms with Gasteiger partial charge in [0.25, 0.3) is 5.69 Å². The molecule has 0 aliphatic heterocycles. The van der Waals surface area contributed by atoms with Gasteiger partial charge in [-0.2, -0.15) is 4.57 Å². The van der Waals surface area contributed by atoms with E-state index in [1.807, 2.05) is 41.1 Å². The largest absolute Gasteiger partial charge is 1.00 e. The van der Waals surface area contributed by atoms with Gasteiger partial charge in [0, 0.05) is 35.8 Å². The summed E-state index contributed by atoms with van der Waals surface area (Å²) in [6, 6.07) is 12.4. The second-order valence-electron chi connectivity index (χ2n) is 9.56. The lowest BCUT2D eigenvalue weighted by Gasteiger charge is -2.55. The first kappa shape index (κ1) is 21.9. The lowest BCUT2D eigenvalue weighted by atomic mass is 9.48. The molecule has 2 aromatic rings. The number of carbonyl (C=O) groups excluding carboxylic acids is 1. The second kappa shape index (κ2) is 8.65. The fraction of sp³-hybridized carbons (Fsp3) is 0.440. The molecule has 0 N–H and O–H groups in total. The van der Waals surface area contributed by atoms with Crippen molar-refractivity contribution in [1.82, 2.24) is 0 Å². The van der Waals surface area contributed by atoms with Crippen LogP contribution in [0.5, 0.6) is 0 Å². The Labute approximate surface area is 193 Å². The number of Topliss-reactive ketones (excluding diaryl/α,β-unsaturated/α-hetero) is 1. The van der Waals surface area contributed by atoms with Crippen LogP contribution in [0.2, 0.25) is 0 Å². The van der Waals surface area contributed by atoms with E-state index < -0.39 is 4.92 Å². The molecule has 0 unspecified atom stereocenters. The maximum absolute atomic E-state index is 13.5. The van der Waals surface area contributed by atoms with Gasteiger partial charge < -0.3 is 17.0 Å². The van der Waals surface area contributed by atoms with E-state index in [0.29, 0.717) is 12.3 Å². The van der Waals surface area contributed by atoms with Crippen LogP contribution in [0.3, 0.4) is 0 Å². The van der Waals surface area contributed by atoms with Crippen molar-refractivity contribution >= 4 is 23.6 Å². The molecule has 0 spiro atoms. The van der Waals surface area contributed by atoms with Crippen LogP contribution in [-0.4, -0.2) is 10.7 Å². The number of nitro groups is 1. The van der Waals surface area contributed by atoms with Crippen molar-refractivity contribution in [3.8, 4) is 0 Å². The van der Waals surface area contributed by atoms with Crippen LogP contribution >= 0.6 is 0 Å². The van der Waals surface area contributed by atoms with E-state index >= 15 is 0 Å². The van der Waals surface area contributed by atoms with Gasteiger partial charge in [0.05, 0.1) is 4.92 Å². The van der Waals surface area contributed by atoms with Crippen molar-refractivity contribution < 1.29 is 31.3 Å². The second-order valence-corrected chi connectivity index (χ2v) is 9.56. The first-order chi connectivity index (χ1) is 14.5. The first-order valence-corrected chi connectivity index (χ1v) is 11.0. The van der Waals surface area contributed by atoms with Gasteiger partial charge >= 0.3 is 0 Å². The summed E-state index contributed by atoms with van der Waals surface area (Å²) in [5.74, 6) is 2.70. The number of carbonyl (C=O) groups is 1. The van der Waals surface area contributed by atoms with Crippen molar-refractivity contribution in [3.05, 3.63) is 70.0 Å². The van der Waals surface area contributed by atoms with Gasteiger partial charge in [-0.25, -0.2) is 0 Å². The molecule has 0 amide bonds. The lowest BCUT2D eigenvalue weighted by Crippen LogP contribution is -3.00. The van der Waals surface area contributed by atoms with Crippen molar-refractivity contribution in [2.45, 2.75) is 45.1 Å². The standard InChI is InChI=1S/C25H27N2O3.BrH/c28-24(25-14-19-11-20(15-25)13-21(12-19)16-25)17-26-10-2-1-3-22(26)7-4-18-5-8-23(9-6-18)27(29)30;/h1-10,19-21H,11-17H2;1H/q+1;/p-1/b7-4+;. The Balaban J connectivity index is 0.00000231. The zero-order valence-corrected chi connectivity index (χ0v) is 19.0. The van der Waals surface area contributed by atoms with Crippen LogP contribution in [0.4, 0.5) is 5.69 Å². The number of pyridine rings is 1. The minimum atomic E-state index is -0.394. The molecule has 0 saturated heterocycles. The Kier molecular flexibility index (Phi) is 6.11.